The topological polar surface area (TPSA) is 77.7 Å². The Morgan fingerprint density at radius 1 is 1.00 bits per heavy atom. The van der Waals surface area contributed by atoms with Crippen molar-refractivity contribution in [2.45, 2.75) is 54.4 Å². The van der Waals surface area contributed by atoms with Crippen molar-refractivity contribution in [3.05, 3.63) is 77.2 Å². The van der Waals surface area contributed by atoms with E-state index in [9.17, 15) is 4.79 Å². The monoisotopic (exact) mass is 467 g/mol. The number of nitrogens with one attached hydrogen (secondary N) is 2. The molecular formula is C28H45N5O. The van der Waals surface area contributed by atoms with Crippen LogP contribution in [0.15, 0.2) is 61.1 Å². The smallest absolute Gasteiger partial charge is 0.231 e. The average molecular weight is 468 g/mol. The first-order valence-electron chi connectivity index (χ1n) is 11.9. The third-order valence-corrected chi connectivity index (χ3v) is 4.20. The summed E-state index contributed by atoms with van der Waals surface area (Å²) in [5.41, 5.74) is 4.31. The number of benzene rings is 2. The zero-order valence-electron chi connectivity index (χ0n) is 21.9. The van der Waals surface area contributed by atoms with Gasteiger partial charge in [0.2, 0.25) is 5.91 Å². The minimum Gasteiger partial charge on any atom is -0.345 e. The Morgan fingerprint density at radius 3 is 2.09 bits per heavy atom. The second-order valence-corrected chi connectivity index (χ2v) is 6.76. The molecule has 0 bridgehead atoms. The van der Waals surface area contributed by atoms with Crippen molar-refractivity contribution in [3.8, 4) is 0 Å². The minimum atomic E-state index is 0. The van der Waals surface area contributed by atoms with Crippen LogP contribution in [0.3, 0.4) is 0 Å². The van der Waals surface area contributed by atoms with Crippen LogP contribution in [0.25, 0.3) is 24.2 Å². The number of amides is 1. The van der Waals surface area contributed by atoms with E-state index in [0.717, 1.165) is 32.9 Å². The SMILES string of the molecule is C=c1cn[nH]c1=C.CC.CC.CCC.CN1C(=O)Cc2ccccc21.[HH].[HH].c1ccc2[nH]cnc2c1. The summed E-state index contributed by atoms with van der Waals surface area (Å²) in [7, 11) is 1.81. The van der Waals surface area contributed by atoms with Crippen LogP contribution in [-0.2, 0) is 11.2 Å². The van der Waals surface area contributed by atoms with Crippen molar-refractivity contribution in [1.82, 2.24) is 20.2 Å². The molecule has 1 aliphatic heterocycles. The van der Waals surface area contributed by atoms with Crippen LogP contribution < -0.4 is 15.5 Å². The summed E-state index contributed by atoms with van der Waals surface area (Å²) in [6.45, 7) is 19.5. The number of anilines is 1. The average Bonchev–Trinajstić information content (AvgIpc) is 3.58. The predicted molar refractivity (Wildman–Crippen MR) is 151 cm³/mol. The van der Waals surface area contributed by atoms with E-state index in [2.05, 4.69) is 47.2 Å². The number of carbonyl (C=O) groups is 1. The molecule has 0 radical (unpaired) electrons. The summed E-state index contributed by atoms with van der Waals surface area (Å²) in [5.74, 6) is 0.186. The van der Waals surface area contributed by atoms with E-state index in [1.165, 1.54) is 6.42 Å². The van der Waals surface area contributed by atoms with Gasteiger partial charge in [0.25, 0.3) is 0 Å². The van der Waals surface area contributed by atoms with Gasteiger partial charge < -0.3 is 9.88 Å². The van der Waals surface area contributed by atoms with E-state index in [1.54, 1.807) is 17.4 Å². The molecule has 0 spiro atoms. The molecule has 6 nitrogen and oxygen atoms in total. The number of fused-ring (bicyclic) bond motifs is 2. The van der Waals surface area contributed by atoms with Crippen molar-refractivity contribution >= 4 is 35.8 Å². The molecule has 4 aromatic rings. The third kappa shape index (κ3) is 9.86. The van der Waals surface area contributed by atoms with Gasteiger partial charge in [0.15, 0.2) is 0 Å². The molecule has 0 aliphatic carbocycles. The van der Waals surface area contributed by atoms with Gasteiger partial charge in [-0.3, -0.25) is 9.89 Å². The molecule has 1 aliphatic rings. The van der Waals surface area contributed by atoms with Gasteiger partial charge in [0.1, 0.15) is 0 Å². The van der Waals surface area contributed by atoms with Gasteiger partial charge in [-0.15, -0.1) is 0 Å². The summed E-state index contributed by atoms with van der Waals surface area (Å²) >= 11 is 0. The lowest BCUT2D eigenvalue weighted by Crippen LogP contribution is -2.20. The van der Waals surface area contributed by atoms with Crippen molar-refractivity contribution in [1.29, 1.82) is 0 Å². The number of carbonyl (C=O) groups excluding carboxylic acids is 1. The largest absolute Gasteiger partial charge is 0.345 e. The van der Waals surface area contributed by atoms with Crippen LogP contribution in [0.2, 0.25) is 0 Å². The molecule has 2 N–H and O–H groups in total. The van der Waals surface area contributed by atoms with Gasteiger partial charge in [-0.2, -0.15) is 5.10 Å². The molecule has 0 fully saturated rings. The molecule has 0 saturated carbocycles. The highest BCUT2D eigenvalue weighted by Crippen LogP contribution is 2.26. The maximum Gasteiger partial charge on any atom is 0.231 e. The first kappa shape index (κ1) is 30.3. The molecule has 0 atom stereocenters. The van der Waals surface area contributed by atoms with Gasteiger partial charge in [0.05, 0.1) is 35.3 Å². The first-order chi connectivity index (χ1) is 16.5. The standard InChI is InChI=1S/C9H9NO.C7H6N2.C5H6N2.C3H8.2C2H6.2H2/c1-10-8-5-3-2-4-7(8)6-9(10)11;1-2-4-7-6(3-1)8-5-9-7;1-4-3-6-7-5(4)2;1-3-2;2*1-2;;/h2-5H,6H2,1H3;1-5H,(H,8,9);3,7H,1-2H2;3H2,1-2H3;2*1-2H3;2*1H. The molecule has 3 heterocycles. The number of aromatic amines is 2. The number of H-pyrrole nitrogens is 2. The zero-order valence-corrected chi connectivity index (χ0v) is 21.9. The number of likely N-dealkylation sites (N-methyl/N-ethyl adjacent to an activating group) is 1. The van der Waals surface area contributed by atoms with Crippen molar-refractivity contribution in [2.24, 2.45) is 0 Å². The van der Waals surface area contributed by atoms with E-state index >= 15 is 0 Å². The number of hydrogen-bond donors (Lipinski definition) is 2. The predicted octanol–water partition coefficient (Wildman–Crippen LogP) is 5.96. The van der Waals surface area contributed by atoms with Crippen LogP contribution in [0, 0.1) is 0 Å². The van der Waals surface area contributed by atoms with Gasteiger partial charge >= 0.3 is 0 Å². The second-order valence-electron chi connectivity index (χ2n) is 6.76. The fourth-order valence-corrected chi connectivity index (χ4v) is 2.62. The van der Waals surface area contributed by atoms with Gasteiger partial charge in [-0.1, -0.05) is 91.5 Å². The van der Waals surface area contributed by atoms with Gasteiger partial charge in [0, 0.05) is 20.8 Å². The second kappa shape index (κ2) is 17.8. The van der Waals surface area contributed by atoms with Crippen LogP contribution >= 0.6 is 0 Å². The summed E-state index contributed by atoms with van der Waals surface area (Å²) in [5, 5.41) is 7.97. The highest BCUT2D eigenvalue weighted by molar-refractivity contribution is 6.00. The Kier molecular flexibility index (Phi) is 15.9. The van der Waals surface area contributed by atoms with Gasteiger partial charge in [-0.05, 0) is 23.8 Å². The highest BCUT2D eigenvalue weighted by Gasteiger charge is 2.22. The normalized spacial score (nSPS) is 10.4. The Labute approximate surface area is 207 Å². The van der Waals surface area contributed by atoms with E-state index in [-0.39, 0.29) is 8.76 Å². The Hall–Kier alpha value is -3.67. The number of hydrogen-bond acceptors (Lipinski definition) is 3. The fourth-order valence-electron chi connectivity index (χ4n) is 2.62. The van der Waals surface area contributed by atoms with Crippen molar-refractivity contribution < 1.29 is 7.65 Å². The Balaban J connectivity index is -0.000000400. The lowest BCUT2D eigenvalue weighted by atomic mass is 10.2. The van der Waals surface area contributed by atoms with Crippen molar-refractivity contribution in [2.75, 3.05) is 11.9 Å². The quantitative estimate of drug-likeness (QED) is 0.335. The molecule has 6 heteroatoms. The van der Waals surface area contributed by atoms with Gasteiger partial charge in [-0.25, -0.2) is 4.98 Å². The van der Waals surface area contributed by atoms with E-state index in [1.807, 2.05) is 83.3 Å². The van der Waals surface area contributed by atoms with Crippen molar-refractivity contribution in [3.63, 3.8) is 0 Å². The molecule has 2 aromatic carbocycles. The van der Waals surface area contributed by atoms with Crippen LogP contribution in [0.5, 0.6) is 0 Å². The van der Waals surface area contributed by atoms with Crippen LogP contribution in [0.4, 0.5) is 5.69 Å². The molecule has 0 saturated heterocycles. The molecule has 2 aromatic heterocycles. The fraction of sp³-hybridized carbons (Fsp3) is 0.321. The lowest BCUT2D eigenvalue weighted by molar-refractivity contribution is -0.117. The molecule has 5 rings (SSSR count). The van der Waals surface area contributed by atoms with E-state index < -0.39 is 0 Å². The molecule has 1 amide bonds. The number of nitrogens with zero attached hydrogens (tertiary/aromatic N) is 3. The number of para-hydroxylation sites is 3. The number of rotatable bonds is 0. The lowest BCUT2D eigenvalue weighted by Gasteiger charge is -2.08. The number of aromatic nitrogens is 4. The minimum absolute atomic E-state index is 0. The van der Waals surface area contributed by atoms with Crippen LogP contribution in [0.1, 0.15) is 56.4 Å². The summed E-state index contributed by atoms with van der Waals surface area (Å²) in [6, 6.07) is 15.8. The highest BCUT2D eigenvalue weighted by atomic mass is 16.2. The van der Waals surface area contributed by atoms with Crippen LogP contribution in [-0.4, -0.2) is 33.1 Å². The summed E-state index contributed by atoms with van der Waals surface area (Å²) < 4.78 is 0. The zero-order chi connectivity index (χ0) is 25.9. The Morgan fingerprint density at radius 2 is 1.59 bits per heavy atom. The van der Waals surface area contributed by atoms with E-state index in [0.29, 0.717) is 6.42 Å². The molecule has 34 heavy (non-hydrogen) atoms. The number of imidazole rings is 1. The summed E-state index contributed by atoms with van der Waals surface area (Å²) in [6.07, 6.45) is 5.15. The van der Waals surface area contributed by atoms with E-state index in [4.69, 9.17) is 0 Å². The molecule has 0 unspecified atom stereocenters. The maximum atomic E-state index is 11.2. The Bertz CT molecular complexity index is 1120. The third-order valence-electron chi connectivity index (χ3n) is 4.20. The molecule has 188 valence electrons. The maximum absolute atomic E-state index is 11.2. The summed E-state index contributed by atoms with van der Waals surface area (Å²) in [4.78, 5) is 19.9. The molecular weight excluding hydrogens is 422 g/mol. The first-order valence-corrected chi connectivity index (χ1v) is 11.9.